The number of rotatable bonds is 6. The number of carbonyl (C=O) groups excluding carboxylic acids is 1. The van der Waals surface area contributed by atoms with Gasteiger partial charge in [-0.05, 0) is 42.5 Å². The molecule has 1 aliphatic carbocycles. The van der Waals surface area contributed by atoms with Crippen molar-refractivity contribution in [2.45, 2.75) is 18.4 Å². The highest BCUT2D eigenvalue weighted by molar-refractivity contribution is 5.95. The lowest BCUT2D eigenvalue weighted by Gasteiger charge is -2.29. The summed E-state index contributed by atoms with van der Waals surface area (Å²) in [5.74, 6) is 0.0574. The van der Waals surface area contributed by atoms with E-state index in [-0.39, 0.29) is 18.4 Å². The molecule has 1 aliphatic rings. The first kappa shape index (κ1) is 16.5. The Labute approximate surface area is 143 Å². The lowest BCUT2D eigenvalue weighted by Crippen LogP contribution is -2.42. The molecule has 0 saturated heterocycles. The van der Waals surface area contributed by atoms with Crippen molar-refractivity contribution in [2.24, 2.45) is 5.92 Å². The van der Waals surface area contributed by atoms with Crippen LogP contribution in [0.4, 0.5) is 5.69 Å². The highest BCUT2D eigenvalue weighted by atomic mass is 16.3. The van der Waals surface area contributed by atoms with Crippen LogP contribution in [0, 0.1) is 5.92 Å². The molecular weight excluding hydrogens is 300 g/mol. The minimum atomic E-state index is -0.990. The first-order chi connectivity index (χ1) is 11.5. The number of nitrogens with one attached hydrogen (secondary N) is 1. The zero-order valence-corrected chi connectivity index (χ0v) is 14.2. The number of benzene rings is 2. The molecule has 0 radical (unpaired) electrons. The summed E-state index contributed by atoms with van der Waals surface area (Å²) in [5.41, 5.74) is 1.46. The second-order valence-electron chi connectivity index (χ2n) is 6.69. The van der Waals surface area contributed by atoms with Crippen molar-refractivity contribution in [1.29, 1.82) is 0 Å². The summed E-state index contributed by atoms with van der Waals surface area (Å²) in [6.45, 7) is 0.229. The minimum Gasteiger partial charge on any atom is -0.383 e. The highest BCUT2D eigenvalue weighted by Crippen LogP contribution is 2.45. The molecule has 2 aromatic carbocycles. The van der Waals surface area contributed by atoms with Crippen molar-refractivity contribution in [1.82, 2.24) is 5.32 Å². The lowest BCUT2D eigenvalue weighted by atomic mass is 9.88. The first-order valence-electron chi connectivity index (χ1n) is 8.34. The van der Waals surface area contributed by atoms with Crippen LogP contribution in [0.3, 0.4) is 0 Å². The summed E-state index contributed by atoms with van der Waals surface area (Å²) in [6, 6.07) is 17.1. The molecule has 4 heteroatoms. The van der Waals surface area contributed by atoms with E-state index >= 15 is 0 Å². The molecule has 2 N–H and O–H groups in total. The fraction of sp³-hybridized carbons (Fsp3) is 0.350. The predicted octanol–water partition coefficient (Wildman–Crippen LogP) is 2.78. The second-order valence-corrected chi connectivity index (χ2v) is 6.69. The number of carbonyl (C=O) groups is 1. The Hall–Kier alpha value is -2.33. The van der Waals surface area contributed by atoms with Crippen LogP contribution in [0.15, 0.2) is 54.6 Å². The summed E-state index contributed by atoms with van der Waals surface area (Å²) in [6.07, 6.45) is 1.99. The van der Waals surface area contributed by atoms with Gasteiger partial charge < -0.3 is 15.3 Å². The number of hydrogen-bond donors (Lipinski definition) is 2. The Kier molecular flexibility index (Phi) is 4.58. The van der Waals surface area contributed by atoms with Crippen LogP contribution in [-0.2, 0) is 5.60 Å². The molecule has 2 aromatic rings. The van der Waals surface area contributed by atoms with Crippen molar-refractivity contribution in [3.05, 3.63) is 65.7 Å². The molecule has 1 fully saturated rings. The van der Waals surface area contributed by atoms with E-state index in [1.165, 1.54) is 0 Å². The Morgan fingerprint density at radius 1 is 1.17 bits per heavy atom. The van der Waals surface area contributed by atoms with E-state index in [0.29, 0.717) is 5.56 Å². The van der Waals surface area contributed by atoms with E-state index in [0.717, 1.165) is 24.1 Å². The molecule has 1 amide bonds. The maximum atomic E-state index is 12.5. The molecule has 0 heterocycles. The SMILES string of the molecule is CN(C)c1cccc(C(=O)NCC(O)(c2ccccc2)C2CC2)c1. The van der Waals surface area contributed by atoms with Gasteiger partial charge in [0.05, 0.1) is 6.54 Å². The number of hydrogen-bond acceptors (Lipinski definition) is 3. The maximum absolute atomic E-state index is 12.5. The molecule has 0 bridgehead atoms. The molecule has 0 aromatic heterocycles. The van der Waals surface area contributed by atoms with Crippen molar-refractivity contribution in [3.63, 3.8) is 0 Å². The maximum Gasteiger partial charge on any atom is 0.251 e. The van der Waals surface area contributed by atoms with Crippen molar-refractivity contribution >= 4 is 11.6 Å². The average molecular weight is 324 g/mol. The third kappa shape index (κ3) is 3.44. The Morgan fingerprint density at radius 2 is 1.88 bits per heavy atom. The van der Waals surface area contributed by atoms with Crippen LogP contribution in [0.1, 0.15) is 28.8 Å². The topological polar surface area (TPSA) is 52.6 Å². The van der Waals surface area contributed by atoms with E-state index < -0.39 is 5.60 Å². The number of amides is 1. The Bertz CT molecular complexity index is 711. The summed E-state index contributed by atoms with van der Waals surface area (Å²) < 4.78 is 0. The van der Waals surface area contributed by atoms with Gasteiger partial charge in [0.1, 0.15) is 5.60 Å². The van der Waals surface area contributed by atoms with Gasteiger partial charge in [-0.25, -0.2) is 0 Å². The third-order valence-electron chi connectivity index (χ3n) is 4.67. The van der Waals surface area contributed by atoms with Crippen LogP contribution in [-0.4, -0.2) is 31.7 Å². The second kappa shape index (κ2) is 6.65. The van der Waals surface area contributed by atoms with Gasteiger partial charge in [0.15, 0.2) is 0 Å². The van der Waals surface area contributed by atoms with Crippen LogP contribution in [0.2, 0.25) is 0 Å². The number of nitrogens with zero attached hydrogens (tertiary/aromatic N) is 1. The molecule has 3 rings (SSSR count). The van der Waals surface area contributed by atoms with Gasteiger partial charge in [-0.1, -0.05) is 36.4 Å². The predicted molar refractivity (Wildman–Crippen MR) is 96.2 cm³/mol. The van der Waals surface area contributed by atoms with Crippen LogP contribution in [0.5, 0.6) is 0 Å². The van der Waals surface area contributed by atoms with Gasteiger partial charge in [0.25, 0.3) is 5.91 Å². The van der Waals surface area contributed by atoms with E-state index in [4.69, 9.17) is 0 Å². The van der Waals surface area contributed by atoms with Crippen molar-refractivity contribution in [2.75, 3.05) is 25.5 Å². The van der Waals surface area contributed by atoms with Gasteiger partial charge in [-0.15, -0.1) is 0 Å². The van der Waals surface area contributed by atoms with Crippen LogP contribution in [0.25, 0.3) is 0 Å². The molecule has 126 valence electrons. The van der Waals surface area contributed by atoms with E-state index in [2.05, 4.69) is 5.32 Å². The van der Waals surface area contributed by atoms with Crippen LogP contribution < -0.4 is 10.2 Å². The molecule has 24 heavy (non-hydrogen) atoms. The first-order valence-corrected chi connectivity index (χ1v) is 8.34. The summed E-state index contributed by atoms with van der Waals surface area (Å²) in [7, 11) is 3.89. The van der Waals surface area contributed by atoms with Crippen molar-refractivity contribution in [3.8, 4) is 0 Å². The lowest BCUT2D eigenvalue weighted by molar-refractivity contribution is 0.0135. The van der Waals surface area contributed by atoms with E-state index in [9.17, 15) is 9.90 Å². The molecule has 1 atom stereocenters. The Morgan fingerprint density at radius 3 is 2.50 bits per heavy atom. The molecule has 1 saturated carbocycles. The third-order valence-corrected chi connectivity index (χ3v) is 4.67. The van der Waals surface area contributed by atoms with Gasteiger partial charge in [-0.2, -0.15) is 0 Å². The van der Waals surface area contributed by atoms with Gasteiger partial charge in [0.2, 0.25) is 0 Å². The summed E-state index contributed by atoms with van der Waals surface area (Å²) in [5, 5.41) is 14.1. The minimum absolute atomic E-state index is 0.159. The van der Waals surface area contributed by atoms with E-state index in [1.54, 1.807) is 6.07 Å². The monoisotopic (exact) mass is 324 g/mol. The van der Waals surface area contributed by atoms with Crippen molar-refractivity contribution < 1.29 is 9.90 Å². The zero-order chi connectivity index (χ0) is 17.2. The number of aliphatic hydroxyl groups is 1. The molecule has 0 aliphatic heterocycles. The molecular formula is C20H24N2O2. The molecule has 0 spiro atoms. The fourth-order valence-electron chi connectivity index (χ4n) is 3.01. The zero-order valence-electron chi connectivity index (χ0n) is 14.2. The van der Waals surface area contributed by atoms with Gasteiger partial charge >= 0.3 is 0 Å². The molecule has 4 nitrogen and oxygen atoms in total. The average Bonchev–Trinajstić information content (AvgIpc) is 3.46. The summed E-state index contributed by atoms with van der Waals surface area (Å²) in [4.78, 5) is 14.5. The van der Waals surface area contributed by atoms with Crippen LogP contribution >= 0.6 is 0 Å². The number of anilines is 1. The quantitative estimate of drug-likeness (QED) is 0.859. The van der Waals surface area contributed by atoms with E-state index in [1.807, 2.05) is 67.5 Å². The highest BCUT2D eigenvalue weighted by Gasteiger charge is 2.45. The standard InChI is InChI=1S/C20H24N2O2/c1-22(2)18-10-6-7-15(13-18)19(23)21-14-20(24,17-11-12-17)16-8-4-3-5-9-16/h3-10,13,17,24H,11-12,14H2,1-2H3,(H,21,23). The summed E-state index contributed by atoms with van der Waals surface area (Å²) >= 11 is 0. The van der Waals surface area contributed by atoms with Gasteiger partial charge in [0, 0.05) is 25.3 Å². The van der Waals surface area contributed by atoms with Gasteiger partial charge in [-0.3, -0.25) is 4.79 Å². The smallest absolute Gasteiger partial charge is 0.251 e. The molecule has 1 unspecified atom stereocenters. The Balaban J connectivity index is 1.73. The fourth-order valence-corrected chi connectivity index (χ4v) is 3.01. The normalized spacial score (nSPS) is 16.3. The largest absolute Gasteiger partial charge is 0.383 e.